The van der Waals surface area contributed by atoms with Crippen LogP contribution in [0.2, 0.25) is 5.02 Å². The molecule has 4 unspecified atom stereocenters. The summed E-state index contributed by atoms with van der Waals surface area (Å²) >= 11 is 6.47. The second kappa shape index (κ2) is 6.61. The van der Waals surface area contributed by atoms with Crippen LogP contribution in [0.4, 0.5) is 17.1 Å². The van der Waals surface area contributed by atoms with Crippen LogP contribution in [0, 0.1) is 28.9 Å². The van der Waals surface area contributed by atoms with Crippen molar-refractivity contribution in [3.05, 3.63) is 62.7 Å². The van der Waals surface area contributed by atoms with Gasteiger partial charge in [0.1, 0.15) is 5.54 Å². The Hall–Kier alpha value is -3.30. The van der Waals surface area contributed by atoms with Crippen LogP contribution in [0.3, 0.4) is 0 Å². The number of carbonyl (C=O) groups is 3. The first kappa shape index (κ1) is 20.3. The zero-order chi connectivity index (χ0) is 23.2. The molecule has 4 aliphatic rings. The lowest BCUT2D eigenvalue weighted by molar-refractivity contribution is -0.384. The van der Waals surface area contributed by atoms with Gasteiger partial charge in [-0.25, -0.2) is 4.90 Å². The minimum atomic E-state index is -1.31. The predicted molar refractivity (Wildman–Crippen MR) is 119 cm³/mol. The number of anilines is 2. The molecule has 0 radical (unpaired) electrons. The second-order valence-corrected chi connectivity index (χ2v) is 9.49. The molecule has 4 heterocycles. The van der Waals surface area contributed by atoms with E-state index in [2.05, 4.69) is 5.32 Å². The lowest BCUT2D eigenvalue weighted by Crippen LogP contribution is -2.54. The number of hydrogen-bond donors (Lipinski definition) is 1. The summed E-state index contributed by atoms with van der Waals surface area (Å²) in [4.78, 5) is 54.8. The molecule has 10 heteroatoms. The highest BCUT2D eigenvalue weighted by atomic mass is 35.5. The number of nitrogens with zero attached hydrogens (tertiary/aromatic N) is 3. The molecule has 2 aromatic carbocycles. The molecule has 4 atom stereocenters. The number of nitro groups is 1. The number of rotatable bonds is 2. The van der Waals surface area contributed by atoms with Crippen molar-refractivity contribution in [2.45, 2.75) is 31.3 Å². The molecule has 0 bridgehead atoms. The molecular formula is C23H19ClN4O5. The van der Waals surface area contributed by atoms with Crippen LogP contribution in [-0.4, -0.2) is 40.1 Å². The third-order valence-electron chi connectivity index (χ3n) is 7.52. The molecule has 9 nitrogen and oxygen atoms in total. The van der Waals surface area contributed by atoms with Crippen molar-refractivity contribution in [2.24, 2.45) is 11.8 Å². The lowest BCUT2D eigenvalue weighted by Gasteiger charge is -2.36. The van der Waals surface area contributed by atoms with Gasteiger partial charge in [-0.1, -0.05) is 17.7 Å². The largest absolute Gasteiger partial charge is 0.323 e. The second-order valence-electron chi connectivity index (χ2n) is 9.08. The average Bonchev–Trinajstić information content (AvgIpc) is 3.47. The Bertz CT molecular complexity index is 1280. The van der Waals surface area contributed by atoms with Crippen LogP contribution in [0.25, 0.3) is 0 Å². The van der Waals surface area contributed by atoms with Crippen LogP contribution in [0.15, 0.2) is 36.4 Å². The number of nitro benzene ring substituents is 1. The summed E-state index contributed by atoms with van der Waals surface area (Å²) in [6, 6.07) is 8.73. The number of aryl methyl sites for hydroxylation is 1. The highest BCUT2D eigenvalue weighted by molar-refractivity contribution is 6.35. The molecule has 6 rings (SSSR count). The van der Waals surface area contributed by atoms with E-state index in [9.17, 15) is 24.5 Å². The smallest absolute Gasteiger partial charge is 0.269 e. The van der Waals surface area contributed by atoms with E-state index in [1.165, 1.54) is 24.3 Å². The normalized spacial score (nSPS) is 30.1. The maximum Gasteiger partial charge on any atom is 0.269 e. The number of benzene rings is 2. The predicted octanol–water partition coefficient (Wildman–Crippen LogP) is 2.99. The van der Waals surface area contributed by atoms with E-state index in [1.54, 1.807) is 6.07 Å². The summed E-state index contributed by atoms with van der Waals surface area (Å²) in [6.45, 7) is 2.48. The van der Waals surface area contributed by atoms with Gasteiger partial charge in [0.15, 0.2) is 0 Å². The Morgan fingerprint density at radius 2 is 1.88 bits per heavy atom. The Balaban J connectivity index is 1.53. The third kappa shape index (κ3) is 2.38. The molecule has 0 aromatic heterocycles. The molecule has 2 aromatic rings. The van der Waals surface area contributed by atoms with E-state index in [0.29, 0.717) is 29.2 Å². The molecule has 1 spiro atoms. The molecular weight excluding hydrogens is 448 g/mol. The maximum atomic E-state index is 13.9. The molecule has 3 amide bonds. The number of halogens is 1. The summed E-state index contributed by atoms with van der Waals surface area (Å²) < 4.78 is 0. The number of nitrogens with one attached hydrogen (secondary N) is 1. The van der Waals surface area contributed by atoms with Gasteiger partial charge in [0.2, 0.25) is 11.8 Å². The summed E-state index contributed by atoms with van der Waals surface area (Å²) in [7, 11) is 0. The first-order valence-corrected chi connectivity index (χ1v) is 11.2. The van der Waals surface area contributed by atoms with E-state index in [0.717, 1.165) is 16.9 Å². The van der Waals surface area contributed by atoms with E-state index in [1.807, 2.05) is 17.9 Å². The van der Waals surface area contributed by atoms with Crippen LogP contribution < -0.4 is 10.2 Å². The van der Waals surface area contributed by atoms with Gasteiger partial charge in [-0.05, 0) is 50.1 Å². The average molecular weight is 467 g/mol. The fraction of sp³-hybridized carbons (Fsp3) is 0.348. The Labute approximate surface area is 193 Å². The van der Waals surface area contributed by atoms with Gasteiger partial charge < -0.3 is 5.32 Å². The summed E-state index contributed by atoms with van der Waals surface area (Å²) in [5.74, 6) is -2.74. The molecule has 33 heavy (non-hydrogen) atoms. The number of imide groups is 1. The SMILES string of the molecule is Cc1cc(Cl)c2c(c1)C1(C(=O)N2)C2C(=O)N(c3ccc([N+](=O)[O-])cc3)C(=O)C2C2CCCN21. The van der Waals surface area contributed by atoms with Gasteiger partial charge in [0.05, 0.1) is 33.2 Å². The Morgan fingerprint density at radius 3 is 2.58 bits per heavy atom. The van der Waals surface area contributed by atoms with Crippen molar-refractivity contribution in [3.8, 4) is 0 Å². The van der Waals surface area contributed by atoms with E-state index < -0.39 is 28.2 Å². The highest BCUT2D eigenvalue weighted by Gasteiger charge is 2.74. The molecule has 3 saturated heterocycles. The molecule has 1 N–H and O–H groups in total. The molecule has 3 fully saturated rings. The van der Waals surface area contributed by atoms with Gasteiger partial charge in [-0.15, -0.1) is 0 Å². The van der Waals surface area contributed by atoms with Gasteiger partial charge in [-0.3, -0.25) is 29.4 Å². The topological polar surface area (TPSA) is 113 Å². The quantitative estimate of drug-likeness (QED) is 0.413. The first-order valence-electron chi connectivity index (χ1n) is 10.8. The Morgan fingerprint density at radius 1 is 1.15 bits per heavy atom. The minimum Gasteiger partial charge on any atom is -0.323 e. The number of non-ortho nitro benzene ring substituents is 1. The van der Waals surface area contributed by atoms with Gasteiger partial charge in [0.25, 0.3) is 11.6 Å². The number of fused-ring (bicyclic) bond motifs is 7. The summed E-state index contributed by atoms with van der Waals surface area (Å²) in [5.41, 5.74) is 0.823. The Kier molecular flexibility index (Phi) is 4.07. The first-order chi connectivity index (χ1) is 15.8. The van der Waals surface area contributed by atoms with Crippen molar-refractivity contribution in [1.82, 2.24) is 4.90 Å². The van der Waals surface area contributed by atoms with Gasteiger partial charge in [0, 0.05) is 23.7 Å². The minimum absolute atomic E-state index is 0.134. The molecule has 168 valence electrons. The summed E-state index contributed by atoms with van der Waals surface area (Å²) in [5, 5.41) is 14.3. The summed E-state index contributed by atoms with van der Waals surface area (Å²) in [6.07, 6.45) is 1.52. The van der Waals surface area contributed by atoms with Gasteiger partial charge >= 0.3 is 0 Å². The maximum absolute atomic E-state index is 13.9. The van der Waals surface area contributed by atoms with Crippen molar-refractivity contribution in [3.63, 3.8) is 0 Å². The zero-order valence-electron chi connectivity index (χ0n) is 17.6. The standard InChI is InChI=1S/C23H19ClN4O5/c1-11-9-14-19(15(24)10-11)25-22(31)23(14)18-17(16-3-2-8-26(16)23)20(29)27(21(18)30)12-4-6-13(7-5-12)28(32)33/h4-7,9-10,16-18H,2-3,8H2,1H3,(H,25,31). The van der Waals surface area contributed by atoms with E-state index >= 15 is 0 Å². The fourth-order valence-electron chi connectivity index (χ4n) is 6.37. The number of hydrogen-bond acceptors (Lipinski definition) is 6. The highest BCUT2D eigenvalue weighted by Crippen LogP contribution is 2.61. The van der Waals surface area contributed by atoms with Gasteiger partial charge in [-0.2, -0.15) is 0 Å². The molecule has 4 aliphatic heterocycles. The zero-order valence-corrected chi connectivity index (χ0v) is 18.3. The van der Waals surface area contributed by atoms with Crippen LogP contribution in [0.5, 0.6) is 0 Å². The monoisotopic (exact) mass is 466 g/mol. The third-order valence-corrected chi connectivity index (χ3v) is 7.81. The van der Waals surface area contributed by atoms with Crippen LogP contribution in [-0.2, 0) is 19.9 Å². The van der Waals surface area contributed by atoms with Crippen molar-refractivity contribution in [2.75, 3.05) is 16.8 Å². The number of carbonyl (C=O) groups excluding carboxylic acids is 3. The number of amides is 3. The van der Waals surface area contributed by atoms with Crippen molar-refractivity contribution in [1.29, 1.82) is 0 Å². The fourth-order valence-corrected chi connectivity index (χ4v) is 6.69. The van der Waals surface area contributed by atoms with Crippen LogP contribution in [0.1, 0.15) is 24.0 Å². The lowest BCUT2D eigenvalue weighted by atomic mass is 9.75. The molecule has 0 saturated carbocycles. The van der Waals surface area contributed by atoms with Crippen LogP contribution >= 0.6 is 11.6 Å². The molecule has 0 aliphatic carbocycles. The van der Waals surface area contributed by atoms with Crippen molar-refractivity contribution < 1.29 is 19.3 Å². The van der Waals surface area contributed by atoms with E-state index in [4.69, 9.17) is 11.6 Å². The van der Waals surface area contributed by atoms with Crippen molar-refractivity contribution >= 4 is 46.4 Å². The van der Waals surface area contributed by atoms with E-state index in [-0.39, 0.29) is 29.2 Å².